The van der Waals surface area contributed by atoms with Crippen molar-refractivity contribution in [2.75, 3.05) is 7.05 Å². The third-order valence-corrected chi connectivity index (χ3v) is 5.58. The van der Waals surface area contributed by atoms with Crippen LogP contribution in [0.4, 0.5) is 0 Å². The highest BCUT2D eigenvalue weighted by molar-refractivity contribution is 6.44. The van der Waals surface area contributed by atoms with Crippen LogP contribution in [-0.2, 0) is 4.79 Å². The van der Waals surface area contributed by atoms with Gasteiger partial charge >= 0.3 is 5.97 Å². The van der Waals surface area contributed by atoms with Crippen molar-refractivity contribution >= 4 is 58.3 Å². The zero-order valence-electron chi connectivity index (χ0n) is 11.8. The third-order valence-electron chi connectivity index (χ3n) is 3.48. The second-order valence-electron chi connectivity index (χ2n) is 4.84. The first-order chi connectivity index (χ1) is 10.7. The van der Waals surface area contributed by atoms with Crippen molar-refractivity contribution in [3.8, 4) is 0 Å². The van der Waals surface area contributed by atoms with Crippen LogP contribution < -0.4 is 0 Å². The molecule has 0 spiro atoms. The summed E-state index contributed by atoms with van der Waals surface area (Å²) in [4.78, 5) is 23.5. The van der Waals surface area contributed by atoms with E-state index < -0.39 is 22.3 Å². The van der Waals surface area contributed by atoms with Crippen LogP contribution in [0.2, 0.25) is 10.0 Å². The van der Waals surface area contributed by atoms with E-state index in [9.17, 15) is 14.7 Å². The van der Waals surface area contributed by atoms with Gasteiger partial charge in [0.05, 0.1) is 21.2 Å². The average Bonchev–Trinajstić information content (AvgIpc) is 2.51. The van der Waals surface area contributed by atoms with E-state index in [4.69, 9.17) is 46.4 Å². The topological polar surface area (TPSA) is 57.6 Å². The molecule has 0 radical (unpaired) electrons. The van der Waals surface area contributed by atoms with Gasteiger partial charge in [-0.25, -0.2) is 4.79 Å². The van der Waals surface area contributed by atoms with E-state index in [0.717, 1.165) is 4.90 Å². The molecule has 1 aromatic carbocycles. The second kappa shape index (κ2) is 6.73. The average molecular weight is 395 g/mol. The minimum Gasteiger partial charge on any atom is -0.478 e. The largest absolute Gasteiger partial charge is 0.478 e. The lowest BCUT2D eigenvalue weighted by molar-refractivity contribution is -0.132. The van der Waals surface area contributed by atoms with E-state index >= 15 is 0 Å². The Morgan fingerprint density at radius 2 is 1.96 bits per heavy atom. The Morgan fingerprint density at radius 1 is 1.30 bits per heavy atom. The van der Waals surface area contributed by atoms with Crippen LogP contribution in [0.25, 0.3) is 0 Å². The molecule has 0 aliphatic heterocycles. The summed E-state index contributed by atoms with van der Waals surface area (Å²) in [5.74, 6) is -1.74. The van der Waals surface area contributed by atoms with Crippen molar-refractivity contribution in [2.24, 2.45) is 0 Å². The van der Waals surface area contributed by atoms with Gasteiger partial charge in [-0.3, -0.25) is 4.79 Å². The summed E-state index contributed by atoms with van der Waals surface area (Å²) >= 11 is 24.6. The van der Waals surface area contributed by atoms with E-state index in [-0.39, 0.29) is 21.2 Å². The van der Waals surface area contributed by atoms with Gasteiger partial charge in [-0.05, 0) is 18.2 Å². The molecule has 2 rings (SSSR count). The predicted octanol–water partition coefficient (Wildman–Crippen LogP) is 4.19. The van der Waals surface area contributed by atoms with Crippen LogP contribution in [0, 0.1) is 0 Å². The lowest BCUT2D eigenvalue weighted by Gasteiger charge is -2.39. The van der Waals surface area contributed by atoms with Crippen molar-refractivity contribution in [3.05, 3.63) is 57.6 Å². The summed E-state index contributed by atoms with van der Waals surface area (Å²) in [5, 5.41) is 8.34. The number of carbonyl (C=O) groups is 2. The van der Waals surface area contributed by atoms with Gasteiger partial charge < -0.3 is 10.0 Å². The Kier molecular flexibility index (Phi) is 5.31. The number of aliphatic carboxylic acids is 1. The molecule has 8 heteroatoms. The summed E-state index contributed by atoms with van der Waals surface area (Å²) in [6, 6.07) is 4.62. The summed E-state index contributed by atoms with van der Waals surface area (Å²) in [7, 11) is 1.41. The molecule has 0 aromatic heterocycles. The number of halogens is 4. The summed E-state index contributed by atoms with van der Waals surface area (Å²) < 4.78 is 0. The van der Waals surface area contributed by atoms with Crippen LogP contribution in [-0.4, -0.2) is 39.3 Å². The highest BCUT2D eigenvalue weighted by Crippen LogP contribution is 2.38. The molecule has 0 fully saturated rings. The maximum Gasteiger partial charge on any atom is 0.333 e. The lowest BCUT2D eigenvalue weighted by atomic mass is 9.97. The molecule has 4 nitrogen and oxygen atoms in total. The number of alkyl halides is 2. The van der Waals surface area contributed by atoms with Crippen LogP contribution >= 0.6 is 46.4 Å². The molecular weight excluding hydrogens is 384 g/mol. The normalized spacial score (nSPS) is 23.3. The Hall–Kier alpha value is -1.20. The first-order valence-electron chi connectivity index (χ1n) is 6.38. The van der Waals surface area contributed by atoms with Crippen molar-refractivity contribution in [1.82, 2.24) is 4.90 Å². The van der Waals surface area contributed by atoms with E-state index in [2.05, 4.69) is 0 Å². The molecular formula is C15H11Cl4NO3. The molecule has 0 bridgehead atoms. The minimum atomic E-state index is -1.55. The van der Waals surface area contributed by atoms with Crippen LogP contribution in [0.5, 0.6) is 0 Å². The number of likely N-dealkylation sites (N-methyl/N-ethyl adjacent to an activating group) is 1. The predicted molar refractivity (Wildman–Crippen MR) is 91.6 cm³/mol. The number of allylic oxidation sites excluding steroid dienone is 2. The molecule has 1 aliphatic carbocycles. The number of amides is 1. The van der Waals surface area contributed by atoms with Crippen LogP contribution in [0.15, 0.2) is 42.0 Å². The van der Waals surface area contributed by atoms with Crippen LogP contribution in [0.1, 0.15) is 10.4 Å². The molecule has 1 aromatic rings. The number of nitrogens with zero attached hydrogens (tertiary/aromatic N) is 1. The van der Waals surface area contributed by atoms with E-state index in [0.29, 0.717) is 0 Å². The van der Waals surface area contributed by atoms with E-state index in [1.807, 2.05) is 0 Å². The lowest BCUT2D eigenvalue weighted by Crippen LogP contribution is -2.52. The van der Waals surface area contributed by atoms with E-state index in [1.54, 1.807) is 12.1 Å². The molecule has 0 saturated heterocycles. The quantitative estimate of drug-likeness (QED) is 0.617. The van der Waals surface area contributed by atoms with Crippen molar-refractivity contribution in [2.45, 2.75) is 10.4 Å². The molecule has 0 heterocycles. The molecule has 2 atom stereocenters. The maximum atomic E-state index is 12.7. The van der Waals surface area contributed by atoms with Crippen molar-refractivity contribution in [1.29, 1.82) is 0 Å². The fourth-order valence-corrected chi connectivity index (χ4v) is 3.17. The van der Waals surface area contributed by atoms with Gasteiger partial charge in [0, 0.05) is 7.05 Å². The first-order valence-corrected chi connectivity index (χ1v) is 7.95. The number of carboxylic acid groups (broad SMARTS) is 1. The van der Waals surface area contributed by atoms with Gasteiger partial charge in [-0.15, -0.1) is 11.6 Å². The molecule has 2 unspecified atom stereocenters. The van der Waals surface area contributed by atoms with Gasteiger partial charge in [0.2, 0.25) is 0 Å². The zero-order chi connectivity index (χ0) is 17.4. The molecule has 0 saturated carbocycles. The number of hydrogen-bond donors (Lipinski definition) is 1. The smallest absolute Gasteiger partial charge is 0.333 e. The number of carboxylic acids is 1. The van der Waals surface area contributed by atoms with E-state index in [1.165, 1.54) is 31.3 Å². The Labute approximate surface area is 152 Å². The number of benzene rings is 1. The minimum absolute atomic E-state index is 0.0891. The zero-order valence-corrected chi connectivity index (χ0v) is 14.8. The number of rotatable bonds is 3. The second-order valence-corrected chi connectivity index (χ2v) is 6.67. The molecule has 23 heavy (non-hydrogen) atoms. The van der Waals surface area contributed by atoms with Crippen LogP contribution in [0.3, 0.4) is 0 Å². The summed E-state index contributed by atoms with van der Waals surface area (Å²) in [6.45, 7) is 0. The maximum absolute atomic E-state index is 12.7. The van der Waals surface area contributed by atoms with Gasteiger partial charge in [0.25, 0.3) is 5.91 Å². The highest BCUT2D eigenvalue weighted by Gasteiger charge is 2.45. The fraction of sp³-hybridized carbons (Fsp3) is 0.200. The van der Waals surface area contributed by atoms with Gasteiger partial charge in [-0.2, -0.15) is 0 Å². The van der Waals surface area contributed by atoms with Crippen molar-refractivity contribution < 1.29 is 14.7 Å². The number of hydrogen-bond acceptors (Lipinski definition) is 2. The standard InChI is InChI=1S/C15H11Cl4NO3/c1-20(13(21)8-4-2-6-10(16)11(8)17)15(19)7-3-5-9(12(15)18)14(22)23/h2-7,12H,1H3,(H,22,23). The molecule has 122 valence electrons. The Balaban J connectivity index is 2.40. The molecule has 1 aliphatic rings. The highest BCUT2D eigenvalue weighted by atomic mass is 35.5. The van der Waals surface area contributed by atoms with Gasteiger partial charge in [0.15, 0.2) is 5.00 Å². The van der Waals surface area contributed by atoms with Gasteiger partial charge in [0.1, 0.15) is 5.38 Å². The van der Waals surface area contributed by atoms with Crippen molar-refractivity contribution in [3.63, 3.8) is 0 Å². The fourth-order valence-electron chi connectivity index (χ4n) is 2.14. The Morgan fingerprint density at radius 3 is 2.57 bits per heavy atom. The molecule has 1 N–H and O–H groups in total. The van der Waals surface area contributed by atoms with Gasteiger partial charge in [-0.1, -0.05) is 53.0 Å². The SMILES string of the molecule is CN(C(=O)c1cccc(Cl)c1Cl)C1(Cl)C=CC=C(C(=O)O)C1Cl. The summed E-state index contributed by atoms with van der Waals surface area (Å²) in [6.07, 6.45) is 4.24. The number of carbonyl (C=O) groups excluding carboxylic acids is 1. The monoisotopic (exact) mass is 393 g/mol. The third kappa shape index (κ3) is 3.22. The summed E-state index contributed by atoms with van der Waals surface area (Å²) in [5.41, 5.74) is 0.0337. The molecule has 1 amide bonds. The Bertz CT molecular complexity index is 731. The first kappa shape index (κ1) is 18.1.